The van der Waals surface area contributed by atoms with E-state index in [-0.39, 0.29) is 6.04 Å². The van der Waals surface area contributed by atoms with Crippen LogP contribution in [0.3, 0.4) is 0 Å². The van der Waals surface area contributed by atoms with Gasteiger partial charge in [-0.25, -0.2) is 0 Å². The number of nitrogens with one attached hydrogen (secondary N) is 1. The fourth-order valence-corrected chi connectivity index (χ4v) is 2.36. The minimum Gasteiger partial charge on any atom is -0.496 e. The molecule has 0 aliphatic rings. The molecule has 0 bridgehead atoms. The van der Waals surface area contributed by atoms with Crippen molar-refractivity contribution < 1.29 is 4.74 Å². The van der Waals surface area contributed by atoms with E-state index in [2.05, 4.69) is 43.7 Å². The van der Waals surface area contributed by atoms with Gasteiger partial charge in [0.15, 0.2) is 5.82 Å². The van der Waals surface area contributed by atoms with Crippen molar-refractivity contribution in [2.24, 2.45) is 0 Å². The smallest absolute Gasteiger partial charge is 0.173 e. The maximum atomic E-state index is 5.21. The Hall–Kier alpha value is -1.47. The van der Waals surface area contributed by atoms with Crippen molar-refractivity contribution in [3.05, 3.63) is 28.5 Å². The largest absolute Gasteiger partial charge is 0.496 e. The summed E-state index contributed by atoms with van der Waals surface area (Å²) in [5.41, 5.74) is 0.887. The molecule has 102 valence electrons. The highest BCUT2D eigenvalue weighted by Gasteiger charge is 2.15. The normalized spacial score (nSPS) is 12.4. The zero-order chi connectivity index (χ0) is 13.8. The van der Waals surface area contributed by atoms with Crippen LogP contribution in [-0.2, 0) is 0 Å². The number of ether oxygens (including phenoxy) is 1. The molecule has 1 heterocycles. The van der Waals surface area contributed by atoms with E-state index in [4.69, 9.17) is 4.74 Å². The Morgan fingerprint density at radius 2 is 2.26 bits per heavy atom. The zero-order valence-electron chi connectivity index (χ0n) is 11.1. The van der Waals surface area contributed by atoms with E-state index in [1.807, 2.05) is 25.1 Å². The van der Waals surface area contributed by atoms with Gasteiger partial charge in [-0.2, -0.15) is 4.68 Å². The van der Waals surface area contributed by atoms with E-state index < -0.39 is 0 Å². The lowest BCUT2D eigenvalue weighted by Gasteiger charge is -2.12. The van der Waals surface area contributed by atoms with E-state index in [9.17, 15) is 0 Å². The Balaban J connectivity index is 2.37. The molecular weight excluding hydrogens is 310 g/mol. The first-order valence-corrected chi connectivity index (χ1v) is 6.82. The van der Waals surface area contributed by atoms with E-state index >= 15 is 0 Å². The van der Waals surface area contributed by atoms with Gasteiger partial charge in [-0.05, 0) is 58.0 Å². The van der Waals surface area contributed by atoms with Crippen LogP contribution < -0.4 is 10.1 Å². The molecule has 1 N–H and O–H groups in total. The van der Waals surface area contributed by atoms with Crippen molar-refractivity contribution in [2.75, 3.05) is 13.7 Å². The summed E-state index contributed by atoms with van der Waals surface area (Å²) in [4.78, 5) is 0. The summed E-state index contributed by atoms with van der Waals surface area (Å²) in [5.74, 6) is 1.55. The second-order valence-electron chi connectivity index (χ2n) is 4.05. The van der Waals surface area contributed by atoms with Gasteiger partial charge in [0.25, 0.3) is 0 Å². The first-order chi connectivity index (χ1) is 9.17. The fourth-order valence-electron chi connectivity index (χ4n) is 1.83. The number of methoxy groups -OCH3 is 1. The van der Waals surface area contributed by atoms with E-state index in [0.29, 0.717) is 0 Å². The second kappa shape index (κ2) is 6.12. The molecular formula is C12H16BrN5O. The average Bonchev–Trinajstić information content (AvgIpc) is 2.88. The molecule has 0 saturated heterocycles. The molecule has 0 fully saturated rings. The molecule has 1 atom stereocenters. The summed E-state index contributed by atoms with van der Waals surface area (Å²) in [6.07, 6.45) is 0. The Morgan fingerprint density at radius 3 is 2.89 bits per heavy atom. The molecule has 0 amide bonds. The van der Waals surface area contributed by atoms with Crippen LogP contribution in [0, 0.1) is 0 Å². The van der Waals surface area contributed by atoms with Gasteiger partial charge in [-0.1, -0.05) is 6.92 Å². The van der Waals surface area contributed by atoms with Gasteiger partial charge in [0.05, 0.1) is 23.3 Å². The number of nitrogens with zero attached hydrogens (tertiary/aromatic N) is 4. The van der Waals surface area contributed by atoms with Gasteiger partial charge in [0.2, 0.25) is 0 Å². The van der Waals surface area contributed by atoms with Crippen LogP contribution in [0.25, 0.3) is 5.69 Å². The van der Waals surface area contributed by atoms with Crippen molar-refractivity contribution in [3.8, 4) is 11.4 Å². The van der Waals surface area contributed by atoms with E-state index in [1.165, 1.54) is 0 Å². The van der Waals surface area contributed by atoms with Crippen molar-refractivity contribution in [1.82, 2.24) is 25.5 Å². The Labute approximate surface area is 120 Å². The van der Waals surface area contributed by atoms with Crippen LogP contribution in [0.5, 0.6) is 5.75 Å². The van der Waals surface area contributed by atoms with Crippen LogP contribution in [0.15, 0.2) is 22.7 Å². The molecule has 0 radical (unpaired) electrons. The van der Waals surface area contributed by atoms with E-state index in [0.717, 1.165) is 28.3 Å². The van der Waals surface area contributed by atoms with Crippen molar-refractivity contribution >= 4 is 15.9 Å². The monoisotopic (exact) mass is 325 g/mol. The number of halogens is 1. The van der Waals surface area contributed by atoms with Crippen molar-refractivity contribution in [3.63, 3.8) is 0 Å². The summed E-state index contributed by atoms with van der Waals surface area (Å²) in [6.45, 7) is 4.94. The summed E-state index contributed by atoms with van der Waals surface area (Å²) in [5, 5.41) is 15.2. The number of hydrogen-bond donors (Lipinski definition) is 1. The molecule has 2 rings (SSSR count). The first-order valence-electron chi connectivity index (χ1n) is 6.03. The Morgan fingerprint density at radius 1 is 1.47 bits per heavy atom. The van der Waals surface area contributed by atoms with Gasteiger partial charge < -0.3 is 10.1 Å². The lowest BCUT2D eigenvalue weighted by Crippen LogP contribution is -2.21. The predicted octanol–water partition coefficient (Wildman–Crippen LogP) is 2.10. The molecule has 0 aliphatic carbocycles. The van der Waals surface area contributed by atoms with Gasteiger partial charge >= 0.3 is 0 Å². The second-order valence-corrected chi connectivity index (χ2v) is 4.90. The van der Waals surface area contributed by atoms with E-state index in [1.54, 1.807) is 11.8 Å². The van der Waals surface area contributed by atoms with Crippen molar-refractivity contribution in [1.29, 1.82) is 0 Å². The molecule has 1 unspecified atom stereocenters. The van der Waals surface area contributed by atoms with Gasteiger partial charge in [0, 0.05) is 0 Å². The van der Waals surface area contributed by atoms with Crippen LogP contribution in [0.1, 0.15) is 25.7 Å². The maximum Gasteiger partial charge on any atom is 0.173 e. The topological polar surface area (TPSA) is 64.9 Å². The van der Waals surface area contributed by atoms with Crippen LogP contribution >= 0.6 is 15.9 Å². The van der Waals surface area contributed by atoms with Crippen LogP contribution in [0.2, 0.25) is 0 Å². The lowest BCUT2D eigenvalue weighted by molar-refractivity contribution is 0.412. The minimum absolute atomic E-state index is 0.0841. The lowest BCUT2D eigenvalue weighted by atomic mass is 10.2. The third-order valence-electron chi connectivity index (χ3n) is 2.77. The standard InChI is InChI=1S/C12H16BrN5O/c1-4-14-8(2)12-15-16-17-18(12)9-5-6-11(19-3)10(13)7-9/h5-8,14H,4H2,1-3H3. The summed E-state index contributed by atoms with van der Waals surface area (Å²) in [6, 6.07) is 5.81. The van der Waals surface area contributed by atoms with Gasteiger partial charge in [-0.3, -0.25) is 0 Å². The molecule has 19 heavy (non-hydrogen) atoms. The first kappa shape index (κ1) is 14.0. The molecule has 2 aromatic rings. The highest BCUT2D eigenvalue weighted by atomic mass is 79.9. The molecule has 0 spiro atoms. The SMILES string of the molecule is CCNC(C)c1nnnn1-c1ccc(OC)c(Br)c1. The molecule has 6 nitrogen and oxygen atoms in total. The highest BCUT2D eigenvalue weighted by Crippen LogP contribution is 2.27. The predicted molar refractivity (Wildman–Crippen MR) is 75.5 cm³/mol. The number of rotatable bonds is 5. The molecule has 1 aromatic carbocycles. The molecule has 1 aromatic heterocycles. The van der Waals surface area contributed by atoms with Crippen molar-refractivity contribution in [2.45, 2.75) is 19.9 Å². The van der Waals surface area contributed by atoms with Crippen LogP contribution in [-0.4, -0.2) is 33.9 Å². The summed E-state index contributed by atoms with van der Waals surface area (Å²) < 4.78 is 7.80. The Bertz CT molecular complexity index is 557. The summed E-state index contributed by atoms with van der Waals surface area (Å²) in [7, 11) is 1.63. The number of hydrogen-bond acceptors (Lipinski definition) is 5. The van der Waals surface area contributed by atoms with Gasteiger partial charge in [0.1, 0.15) is 5.75 Å². The maximum absolute atomic E-state index is 5.21. The minimum atomic E-state index is 0.0841. The molecule has 0 saturated carbocycles. The molecule has 0 aliphatic heterocycles. The van der Waals surface area contributed by atoms with Gasteiger partial charge in [-0.15, -0.1) is 5.10 Å². The molecule has 7 heteroatoms. The van der Waals surface area contributed by atoms with Crippen LogP contribution in [0.4, 0.5) is 0 Å². The number of tetrazole rings is 1. The Kier molecular flexibility index (Phi) is 4.49. The third-order valence-corrected chi connectivity index (χ3v) is 3.39. The quantitative estimate of drug-likeness (QED) is 0.912. The average molecular weight is 326 g/mol. The number of aromatic nitrogens is 4. The third kappa shape index (κ3) is 2.93. The highest BCUT2D eigenvalue weighted by molar-refractivity contribution is 9.10. The zero-order valence-corrected chi connectivity index (χ0v) is 12.7. The summed E-state index contributed by atoms with van der Waals surface area (Å²) >= 11 is 3.46. The fraction of sp³-hybridized carbons (Fsp3) is 0.417. The number of benzene rings is 1.